The van der Waals surface area contributed by atoms with Gasteiger partial charge < -0.3 is 16.0 Å². The third-order valence-corrected chi connectivity index (χ3v) is 4.51. The summed E-state index contributed by atoms with van der Waals surface area (Å²) in [5.41, 5.74) is 1.76. The van der Waals surface area contributed by atoms with Crippen LogP contribution in [-0.4, -0.2) is 37.0 Å². The van der Waals surface area contributed by atoms with Crippen molar-refractivity contribution in [3.8, 4) is 0 Å². The normalized spacial score (nSPS) is 11.2. The Balaban J connectivity index is 1.77. The van der Waals surface area contributed by atoms with Gasteiger partial charge in [0.25, 0.3) is 5.91 Å². The highest BCUT2D eigenvalue weighted by atomic mass is 32.1. The Labute approximate surface area is 152 Å². The van der Waals surface area contributed by atoms with Crippen molar-refractivity contribution in [3.63, 3.8) is 0 Å². The van der Waals surface area contributed by atoms with Crippen LogP contribution in [0.1, 0.15) is 32.7 Å². The topological polar surface area (TPSA) is 78.4 Å². The van der Waals surface area contributed by atoms with Crippen LogP contribution in [0.2, 0.25) is 0 Å². The molecule has 0 saturated heterocycles. The van der Waals surface area contributed by atoms with Gasteiger partial charge >= 0.3 is 0 Å². The van der Waals surface area contributed by atoms with Gasteiger partial charge in [-0.3, -0.25) is 9.79 Å². The first-order chi connectivity index (χ1) is 12.1. The van der Waals surface area contributed by atoms with Gasteiger partial charge in [-0.1, -0.05) is 12.1 Å². The summed E-state index contributed by atoms with van der Waals surface area (Å²) < 4.78 is 0. The monoisotopic (exact) mass is 359 g/mol. The zero-order valence-electron chi connectivity index (χ0n) is 14.9. The maximum Gasteiger partial charge on any atom is 0.251 e. The average Bonchev–Trinajstić information content (AvgIpc) is 3.04. The molecule has 0 atom stereocenters. The summed E-state index contributed by atoms with van der Waals surface area (Å²) in [6.07, 6.45) is 2.78. The molecule has 0 bridgehead atoms. The molecule has 0 fully saturated rings. The third kappa shape index (κ3) is 6.19. The molecule has 2 rings (SSSR count). The zero-order valence-corrected chi connectivity index (χ0v) is 15.7. The Kier molecular flexibility index (Phi) is 7.40. The number of nitrogens with zero attached hydrogens (tertiary/aromatic N) is 2. The molecule has 3 N–H and O–H groups in total. The number of aryl methyl sites for hydroxylation is 1. The van der Waals surface area contributed by atoms with Crippen molar-refractivity contribution in [1.82, 2.24) is 20.9 Å². The van der Waals surface area contributed by atoms with Crippen LogP contribution >= 0.6 is 11.3 Å². The number of nitrogens with one attached hydrogen (secondary N) is 3. The van der Waals surface area contributed by atoms with E-state index in [1.165, 1.54) is 4.88 Å². The van der Waals surface area contributed by atoms with E-state index in [1.807, 2.05) is 37.4 Å². The quantitative estimate of drug-likeness (QED) is 0.523. The van der Waals surface area contributed by atoms with E-state index in [4.69, 9.17) is 0 Å². The Morgan fingerprint density at radius 1 is 1.20 bits per heavy atom. The molecule has 0 unspecified atom stereocenters. The fourth-order valence-corrected chi connectivity index (χ4v) is 3.03. The minimum absolute atomic E-state index is 0.0445. The van der Waals surface area contributed by atoms with E-state index in [9.17, 15) is 4.79 Å². The van der Waals surface area contributed by atoms with Gasteiger partial charge in [0.1, 0.15) is 0 Å². The number of hydrogen-bond donors (Lipinski definition) is 3. The summed E-state index contributed by atoms with van der Waals surface area (Å²) in [4.78, 5) is 21.6. The van der Waals surface area contributed by atoms with Crippen LogP contribution < -0.4 is 16.0 Å². The smallest absolute Gasteiger partial charge is 0.251 e. The fraction of sp³-hybridized carbons (Fsp3) is 0.389. The summed E-state index contributed by atoms with van der Waals surface area (Å²) in [7, 11) is 1.75. The molecule has 1 heterocycles. The minimum Gasteiger partial charge on any atom is -0.356 e. The molecule has 7 heteroatoms. The highest BCUT2D eigenvalue weighted by Gasteiger charge is 2.04. The van der Waals surface area contributed by atoms with Gasteiger partial charge in [-0.2, -0.15) is 0 Å². The van der Waals surface area contributed by atoms with Crippen LogP contribution in [-0.2, 0) is 13.0 Å². The number of guanidine groups is 1. The van der Waals surface area contributed by atoms with Gasteiger partial charge in [0.15, 0.2) is 5.96 Å². The number of benzene rings is 1. The summed E-state index contributed by atoms with van der Waals surface area (Å²) in [5.74, 6) is 0.706. The Bertz CT molecular complexity index is 709. The van der Waals surface area contributed by atoms with E-state index in [2.05, 4.69) is 32.9 Å². The van der Waals surface area contributed by atoms with E-state index in [-0.39, 0.29) is 5.91 Å². The Hall–Kier alpha value is -2.41. The first-order valence-corrected chi connectivity index (χ1v) is 9.17. The molecule has 0 radical (unpaired) electrons. The number of amides is 1. The van der Waals surface area contributed by atoms with Crippen LogP contribution in [0.5, 0.6) is 0 Å². The van der Waals surface area contributed by atoms with E-state index >= 15 is 0 Å². The van der Waals surface area contributed by atoms with Crippen molar-refractivity contribution in [2.24, 2.45) is 4.99 Å². The number of carbonyl (C=O) groups excluding carboxylic acids is 1. The van der Waals surface area contributed by atoms with Gasteiger partial charge in [-0.25, -0.2) is 4.98 Å². The van der Waals surface area contributed by atoms with Crippen molar-refractivity contribution < 1.29 is 4.79 Å². The van der Waals surface area contributed by atoms with Gasteiger partial charge in [0.05, 0.1) is 5.01 Å². The fourth-order valence-electron chi connectivity index (χ4n) is 2.25. The lowest BCUT2D eigenvalue weighted by Gasteiger charge is -2.11. The third-order valence-electron chi connectivity index (χ3n) is 3.54. The highest BCUT2D eigenvalue weighted by Crippen LogP contribution is 2.10. The number of hydrogen-bond acceptors (Lipinski definition) is 4. The maximum absolute atomic E-state index is 11.7. The van der Waals surface area contributed by atoms with E-state index in [0.29, 0.717) is 18.7 Å². The lowest BCUT2D eigenvalue weighted by Crippen LogP contribution is -2.37. The lowest BCUT2D eigenvalue weighted by molar-refractivity contribution is 0.0956. The maximum atomic E-state index is 11.7. The summed E-state index contributed by atoms with van der Waals surface area (Å²) in [6.45, 7) is 6.02. The molecular weight excluding hydrogens is 334 g/mol. The average molecular weight is 359 g/mol. The van der Waals surface area contributed by atoms with Crippen molar-refractivity contribution >= 4 is 23.2 Å². The van der Waals surface area contributed by atoms with Crippen LogP contribution in [0, 0.1) is 6.92 Å². The van der Waals surface area contributed by atoms with Crippen molar-refractivity contribution in [2.75, 3.05) is 20.1 Å². The van der Waals surface area contributed by atoms with Gasteiger partial charge in [-0.05, 0) is 31.5 Å². The molecule has 1 amide bonds. The molecule has 0 aliphatic carbocycles. The van der Waals surface area contributed by atoms with Crippen molar-refractivity contribution in [1.29, 1.82) is 0 Å². The second-order valence-electron chi connectivity index (χ2n) is 5.52. The standard InChI is InChI=1S/C18H25N5OS/c1-4-20-17(24)15-7-5-14(6-8-15)12-23-18(19-3)21-10-9-16-22-11-13(2)25-16/h5-8,11H,4,9-10,12H2,1-3H3,(H,20,24)(H2,19,21,23). The van der Waals surface area contributed by atoms with E-state index < -0.39 is 0 Å². The minimum atomic E-state index is -0.0445. The summed E-state index contributed by atoms with van der Waals surface area (Å²) in [5, 5.41) is 10.5. The number of carbonyl (C=O) groups is 1. The number of thiazole rings is 1. The van der Waals surface area contributed by atoms with Crippen LogP contribution in [0.15, 0.2) is 35.5 Å². The van der Waals surface area contributed by atoms with Crippen molar-refractivity contribution in [2.45, 2.75) is 26.8 Å². The van der Waals surface area contributed by atoms with Gasteiger partial charge in [0.2, 0.25) is 0 Å². The Morgan fingerprint density at radius 3 is 2.56 bits per heavy atom. The lowest BCUT2D eigenvalue weighted by atomic mass is 10.1. The van der Waals surface area contributed by atoms with Crippen LogP contribution in [0.25, 0.3) is 0 Å². The number of aromatic nitrogens is 1. The second-order valence-corrected chi connectivity index (χ2v) is 6.84. The first kappa shape index (κ1) is 18.9. The Morgan fingerprint density at radius 2 is 1.96 bits per heavy atom. The molecule has 0 saturated carbocycles. The predicted molar refractivity (Wildman–Crippen MR) is 103 cm³/mol. The van der Waals surface area contributed by atoms with E-state index in [0.717, 1.165) is 29.5 Å². The summed E-state index contributed by atoms with van der Waals surface area (Å²) >= 11 is 1.72. The highest BCUT2D eigenvalue weighted by molar-refractivity contribution is 7.11. The first-order valence-electron chi connectivity index (χ1n) is 8.35. The van der Waals surface area contributed by atoms with Gasteiger partial charge in [0, 0.05) is 49.7 Å². The molecule has 6 nitrogen and oxygen atoms in total. The predicted octanol–water partition coefficient (Wildman–Crippen LogP) is 2.11. The van der Waals surface area contributed by atoms with Crippen molar-refractivity contribution in [3.05, 3.63) is 51.5 Å². The largest absolute Gasteiger partial charge is 0.356 e. The SMILES string of the molecule is CCNC(=O)c1ccc(CNC(=NC)NCCc2ncc(C)s2)cc1. The molecule has 134 valence electrons. The molecule has 0 spiro atoms. The number of aliphatic imine (C=N–C) groups is 1. The second kappa shape index (κ2) is 9.78. The van der Waals surface area contributed by atoms with Crippen LogP contribution in [0.3, 0.4) is 0 Å². The number of rotatable bonds is 7. The molecule has 1 aromatic heterocycles. The van der Waals surface area contributed by atoms with Gasteiger partial charge in [-0.15, -0.1) is 11.3 Å². The molecule has 0 aliphatic rings. The molecular formula is C18H25N5OS. The molecule has 1 aromatic carbocycles. The van der Waals surface area contributed by atoms with Crippen LogP contribution in [0.4, 0.5) is 0 Å². The van der Waals surface area contributed by atoms with E-state index in [1.54, 1.807) is 18.4 Å². The molecule has 25 heavy (non-hydrogen) atoms. The summed E-state index contributed by atoms with van der Waals surface area (Å²) in [6, 6.07) is 7.57. The zero-order chi connectivity index (χ0) is 18.1. The molecule has 2 aromatic rings. The molecule has 0 aliphatic heterocycles.